The summed E-state index contributed by atoms with van der Waals surface area (Å²) in [6, 6.07) is 8.66. The van der Waals surface area contributed by atoms with E-state index in [2.05, 4.69) is 47.3 Å². The summed E-state index contributed by atoms with van der Waals surface area (Å²) >= 11 is 0. The fourth-order valence-corrected chi connectivity index (χ4v) is 2.88. The van der Waals surface area contributed by atoms with Crippen LogP contribution >= 0.6 is 0 Å². The number of hydrogen-bond acceptors (Lipinski definition) is 2. The maximum Gasteiger partial charge on any atom is 0.0754 e. The summed E-state index contributed by atoms with van der Waals surface area (Å²) in [6.07, 6.45) is 5.07. The molecule has 1 N–H and O–H groups in total. The minimum atomic E-state index is 0.391. The Kier molecular flexibility index (Phi) is 3.85. The second-order valence-corrected chi connectivity index (χ2v) is 5.24. The van der Waals surface area contributed by atoms with E-state index in [1.165, 1.54) is 29.3 Å². The highest BCUT2D eigenvalue weighted by Gasteiger charge is 2.17. The van der Waals surface area contributed by atoms with Gasteiger partial charge in [-0.25, -0.2) is 0 Å². The maximum absolute atomic E-state index is 5.76. The topological polar surface area (TPSA) is 26.2 Å². The molecule has 1 atom stereocenters. The molecule has 0 aliphatic carbocycles. The minimum Gasteiger partial charge on any atom is -0.376 e. The summed E-state index contributed by atoms with van der Waals surface area (Å²) in [5.41, 5.74) is 2.71. The molecule has 2 aromatic rings. The van der Waals surface area contributed by atoms with Crippen molar-refractivity contribution in [1.82, 2.24) is 9.88 Å². The van der Waals surface area contributed by atoms with Gasteiger partial charge in [0.05, 0.1) is 6.10 Å². The summed E-state index contributed by atoms with van der Waals surface area (Å²) in [5.74, 6) is 0. The van der Waals surface area contributed by atoms with Crippen LogP contribution in [0, 0.1) is 0 Å². The van der Waals surface area contributed by atoms with Gasteiger partial charge in [0.2, 0.25) is 0 Å². The van der Waals surface area contributed by atoms with Crippen LogP contribution in [0.25, 0.3) is 10.9 Å². The monoisotopic (exact) mass is 258 g/mol. The number of aromatic nitrogens is 1. The lowest BCUT2D eigenvalue weighted by Gasteiger charge is -2.11. The zero-order valence-electron chi connectivity index (χ0n) is 11.6. The second kappa shape index (κ2) is 5.76. The van der Waals surface area contributed by atoms with Crippen LogP contribution in [0.3, 0.4) is 0 Å². The van der Waals surface area contributed by atoms with E-state index in [-0.39, 0.29) is 0 Å². The first kappa shape index (κ1) is 12.7. The third kappa shape index (κ3) is 2.67. The number of rotatable bonds is 5. The van der Waals surface area contributed by atoms with Gasteiger partial charge in [0.15, 0.2) is 0 Å². The third-order valence-corrected chi connectivity index (χ3v) is 3.86. The smallest absolute Gasteiger partial charge is 0.0754 e. The van der Waals surface area contributed by atoms with Gasteiger partial charge in [-0.15, -0.1) is 0 Å². The number of benzene rings is 1. The number of nitrogens with one attached hydrogen (secondary N) is 1. The second-order valence-electron chi connectivity index (χ2n) is 5.24. The van der Waals surface area contributed by atoms with Crippen LogP contribution < -0.4 is 5.32 Å². The highest BCUT2D eigenvalue weighted by Crippen LogP contribution is 2.23. The van der Waals surface area contributed by atoms with Gasteiger partial charge in [-0.1, -0.05) is 25.1 Å². The Morgan fingerprint density at radius 3 is 3.05 bits per heavy atom. The first-order valence-electron chi connectivity index (χ1n) is 7.27. The van der Waals surface area contributed by atoms with Gasteiger partial charge in [0.25, 0.3) is 0 Å². The quantitative estimate of drug-likeness (QED) is 0.892. The summed E-state index contributed by atoms with van der Waals surface area (Å²) in [5, 5.41) is 4.78. The van der Waals surface area contributed by atoms with Crippen molar-refractivity contribution in [1.29, 1.82) is 0 Å². The van der Waals surface area contributed by atoms with Crippen molar-refractivity contribution in [3.8, 4) is 0 Å². The highest BCUT2D eigenvalue weighted by molar-refractivity contribution is 5.83. The molecule has 2 heterocycles. The molecule has 1 aromatic heterocycles. The first-order chi connectivity index (χ1) is 9.38. The van der Waals surface area contributed by atoms with E-state index in [1.807, 2.05) is 0 Å². The SMILES string of the molecule is CCNCc1cn(CC2CCCO2)c2ccccc12. The van der Waals surface area contributed by atoms with Gasteiger partial charge in [-0.05, 0) is 31.0 Å². The number of ether oxygens (including phenoxy) is 1. The lowest BCUT2D eigenvalue weighted by Crippen LogP contribution is -2.14. The van der Waals surface area contributed by atoms with Crippen LogP contribution in [-0.4, -0.2) is 23.8 Å². The van der Waals surface area contributed by atoms with Gasteiger partial charge < -0.3 is 14.6 Å². The molecular formula is C16H22N2O. The molecule has 3 rings (SSSR count). The van der Waals surface area contributed by atoms with Crippen LogP contribution in [0.2, 0.25) is 0 Å². The predicted molar refractivity (Wildman–Crippen MR) is 78.3 cm³/mol. The fourth-order valence-electron chi connectivity index (χ4n) is 2.88. The third-order valence-electron chi connectivity index (χ3n) is 3.86. The van der Waals surface area contributed by atoms with Crippen molar-refractivity contribution in [2.24, 2.45) is 0 Å². The zero-order valence-corrected chi connectivity index (χ0v) is 11.6. The Labute approximate surface area is 114 Å². The van der Waals surface area contributed by atoms with Crippen molar-refractivity contribution < 1.29 is 4.74 Å². The molecule has 0 spiro atoms. The molecule has 1 aliphatic heterocycles. The molecular weight excluding hydrogens is 236 g/mol. The van der Waals surface area contributed by atoms with E-state index in [9.17, 15) is 0 Å². The van der Waals surface area contributed by atoms with Gasteiger partial charge >= 0.3 is 0 Å². The van der Waals surface area contributed by atoms with E-state index in [4.69, 9.17) is 4.74 Å². The largest absolute Gasteiger partial charge is 0.376 e. The summed E-state index contributed by atoms with van der Waals surface area (Å²) < 4.78 is 8.12. The van der Waals surface area contributed by atoms with Crippen LogP contribution in [0.5, 0.6) is 0 Å². The molecule has 1 aliphatic rings. The molecule has 1 saturated heterocycles. The molecule has 0 bridgehead atoms. The summed E-state index contributed by atoms with van der Waals surface area (Å²) in [7, 11) is 0. The molecule has 1 unspecified atom stereocenters. The number of para-hydroxylation sites is 1. The van der Waals surface area contributed by atoms with Crippen molar-refractivity contribution in [2.45, 2.75) is 39.0 Å². The van der Waals surface area contributed by atoms with Crippen LogP contribution in [0.4, 0.5) is 0 Å². The van der Waals surface area contributed by atoms with Gasteiger partial charge in [0.1, 0.15) is 0 Å². The van der Waals surface area contributed by atoms with E-state index in [0.717, 1.165) is 26.2 Å². The average molecular weight is 258 g/mol. The lowest BCUT2D eigenvalue weighted by molar-refractivity contribution is 0.0980. The molecule has 0 radical (unpaired) electrons. The van der Waals surface area contributed by atoms with Gasteiger partial charge in [-0.3, -0.25) is 0 Å². The normalized spacial score (nSPS) is 19.3. The molecule has 102 valence electrons. The van der Waals surface area contributed by atoms with Crippen LogP contribution in [0.15, 0.2) is 30.5 Å². The van der Waals surface area contributed by atoms with Crippen molar-refractivity contribution in [2.75, 3.05) is 13.2 Å². The van der Waals surface area contributed by atoms with E-state index in [0.29, 0.717) is 6.10 Å². The van der Waals surface area contributed by atoms with E-state index >= 15 is 0 Å². The standard InChI is InChI=1S/C16H22N2O/c1-2-17-10-13-11-18(12-14-6-5-9-19-14)16-8-4-3-7-15(13)16/h3-4,7-8,11,14,17H,2,5-6,9-10,12H2,1H3. The molecule has 3 nitrogen and oxygen atoms in total. The van der Waals surface area contributed by atoms with E-state index in [1.54, 1.807) is 0 Å². The molecule has 19 heavy (non-hydrogen) atoms. The van der Waals surface area contributed by atoms with E-state index < -0.39 is 0 Å². The average Bonchev–Trinajstić information content (AvgIpc) is 3.06. The van der Waals surface area contributed by atoms with Crippen LogP contribution in [0.1, 0.15) is 25.3 Å². The molecule has 0 amide bonds. The summed E-state index contributed by atoms with van der Waals surface area (Å²) in [4.78, 5) is 0. The van der Waals surface area contributed by atoms with Gasteiger partial charge in [-0.2, -0.15) is 0 Å². The van der Waals surface area contributed by atoms with Crippen molar-refractivity contribution >= 4 is 10.9 Å². The Hall–Kier alpha value is -1.32. The number of fused-ring (bicyclic) bond motifs is 1. The lowest BCUT2D eigenvalue weighted by atomic mass is 10.2. The molecule has 1 aromatic carbocycles. The van der Waals surface area contributed by atoms with Crippen molar-refractivity contribution in [3.05, 3.63) is 36.0 Å². The Balaban J connectivity index is 1.89. The molecule has 3 heteroatoms. The Morgan fingerprint density at radius 1 is 1.37 bits per heavy atom. The number of nitrogens with zero attached hydrogens (tertiary/aromatic N) is 1. The Morgan fingerprint density at radius 2 is 2.26 bits per heavy atom. The first-order valence-corrected chi connectivity index (χ1v) is 7.27. The summed E-state index contributed by atoms with van der Waals surface area (Å²) in [6.45, 7) is 5.99. The minimum absolute atomic E-state index is 0.391. The highest BCUT2D eigenvalue weighted by atomic mass is 16.5. The number of hydrogen-bond donors (Lipinski definition) is 1. The zero-order chi connectivity index (χ0) is 13.1. The molecule has 1 fully saturated rings. The predicted octanol–water partition coefficient (Wildman–Crippen LogP) is 2.93. The Bertz CT molecular complexity index is 541. The van der Waals surface area contributed by atoms with Crippen LogP contribution in [-0.2, 0) is 17.8 Å². The maximum atomic E-state index is 5.76. The van der Waals surface area contributed by atoms with Crippen molar-refractivity contribution in [3.63, 3.8) is 0 Å². The molecule has 0 saturated carbocycles. The fraction of sp³-hybridized carbons (Fsp3) is 0.500. The van der Waals surface area contributed by atoms with Gasteiger partial charge in [0, 0.05) is 36.8 Å².